The molecule has 9 aromatic carbocycles. The van der Waals surface area contributed by atoms with Gasteiger partial charge in [-0.3, -0.25) is 5.32 Å². The van der Waals surface area contributed by atoms with Crippen LogP contribution in [-0.4, -0.2) is 10.4 Å². The summed E-state index contributed by atoms with van der Waals surface area (Å²) in [6, 6.07) is 69.1. The Labute approximate surface area is 334 Å². The van der Waals surface area contributed by atoms with Gasteiger partial charge in [-0.25, -0.2) is 4.99 Å². The molecule has 3 heterocycles. The van der Waals surface area contributed by atoms with Crippen LogP contribution in [0.2, 0.25) is 0 Å². The minimum Gasteiger partial charge on any atom is -0.455 e. The van der Waals surface area contributed by atoms with E-state index >= 15 is 0 Å². The summed E-state index contributed by atoms with van der Waals surface area (Å²) in [6.07, 6.45) is -0.428. The third-order valence-corrected chi connectivity index (χ3v) is 11.9. The molecule has 2 aromatic heterocycles. The summed E-state index contributed by atoms with van der Waals surface area (Å²) in [5, 5.41) is 16.9. The molecule has 2 N–H and O–H groups in total. The Balaban J connectivity index is 1.03. The summed E-state index contributed by atoms with van der Waals surface area (Å²) in [7, 11) is 0. The minimum absolute atomic E-state index is 0.150. The van der Waals surface area contributed by atoms with Crippen LogP contribution in [0.5, 0.6) is 0 Å². The Kier molecular flexibility index (Phi) is 7.37. The zero-order valence-corrected chi connectivity index (χ0v) is 31.4. The first-order chi connectivity index (χ1) is 28.8. The summed E-state index contributed by atoms with van der Waals surface area (Å²) >= 11 is 0. The van der Waals surface area contributed by atoms with E-state index in [0.29, 0.717) is 0 Å². The molecule has 2 unspecified atom stereocenters. The van der Waals surface area contributed by atoms with E-state index in [9.17, 15) is 0 Å². The fraction of sp³-hybridized carbons (Fsp3) is 0.0377. The number of fused-ring (bicyclic) bond motifs is 12. The summed E-state index contributed by atoms with van der Waals surface area (Å²) in [4.78, 5) is 5.27. The van der Waals surface area contributed by atoms with Crippen molar-refractivity contribution >= 4 is 71.1 Å². The number of nitrogens with zero attached hydrogens (tertiary/aromatic N) is 2. The topological polar surface area (TPSA) is 54.5 Å². The van der Waals surface area contributed by atoms with Gasteiger partial charge in [0.2, 0.25) is 0 Å². The van der Waals surface area contributed by atoms with E-state index in [1.165, 1.54) is 43.6 Å². The second-order valence-electron chi connectivity index (χ2n) is 15.2. The maximum atomic E-state index is 6.82. The van der Waals surface area contributed by atoms with E-state index in [1.54, 1.807) is 0 Å². The molecule has 58 heavy (non-hydrogen) atoms. The van der Waals surface area contributed by atoms with Crippen LogP contribution < -0.4 is 10.6 Å². The highest BCUT2D eigenvalue weighted by Crippen LogP contribution is 2.47. The zero-order chi connectivity index (χ0) is 38.2. The van der Waals surface area contributed by atoms with Crippen molar-refractivity contribution in [3.8, 4) is 16.8 Å². The first-order valence-corrected chi connectivity index (χ1v) is 19.9. The highest BCUT2D eigenvalue weighted by molar-refractivity contribution is 6.36. The Morgan fingerprint density at radius 2 is 1.07 bits per heavy atom. The van der Waals surface area contributed by atoms with Crippen molar-refractivity contribution in [2.75, 3.05) is 0 Å². The van der Waals surface area contributed by atoms with Crippen LogP contribution in [0.15, 0.2) is 204 Å². The van der Waals surface area contributed by atoms with Crippen molar-refractivity contribution in [1.29, 1.82) is 0 Å². The number of hydrogen-bond acceptors (Lipinski definition) is 4. The van der Waals surface area contributed by atoms with Gasteiger partial charge in [-0.05, 0) is 51.2 Å². The average molecular weight is 745 g/mol. The number of aromatic nitrogens is 1. The van der Waals surface area contributed by atoms with E-state index in [4.69, 9.17) is 9.41 Å². The molecule has 274 valence electrons. The molecule has 0 spiro atoms. The van der Waals surface area contributed by atoms with E-state index in [-0.39, 0.29) is 12.3 Å². The Morgan fingerprint density at radius 3 is 1.84 bits per heavy atom. The number of nitrogens with one attached hydrogen (secondary N) is 2. The van der Waals surface area contributed by atoms with Gasteiger partial charge in [-0.1, -0.05) is 176 Å². The highest BCUT2D eigenvalue weighted by Gasteiger charge is 2.27. The predicted octanol–water partition coefficient (Wildman–Crippen LogP) is 13.0. The van der Waals surface area contributed by atoms with Crippen molar-refractivity contribution in [1.82, 2.24) is 15.2 Å². The molecule has 0 saturated carbocycles. The summed E-state index contributed by atoms with van der Waals surface area (Å²) < 4.78 is 9.28. The molecule has 0 bridgehead atoms. The lowest BCUT2D eigenvalue weighted by molar-refractivity contribution is 0.409. The summed E-state index contributed by atoms with van der Waals surface area (Å²) in [6.45, 7) is 0. The molecule has 5 nitrogen and oxygen atoms in total. The van der Waals surface area contributed by atoms with Crippen LogP contribution >= 0.6 is 0 Å². The van der Waals surface area contributed by atoms with Gasteiger partial charge < -0.3 is 14.3 Å². The van der Waals surface area contributed by atoms with Crippen LogP contribution in [0.1, 0.15) is 29.0 Å². The predicted molar refractivity (Wildman–Crippen MR) is 240 cm³/mol. The minimum atomic E-state index is -0.278. The summed E-state index contributed by atoms with van der Waals surface area (Å²) in [5.74, 6) is 0.862. The number of benzene rings is 9. The Morgan fingerprint density at radius 1 is 0.448 bits per heavy atom. The van der Waals surface area contributed by atoms with Crippen molar-refractivity contribution in [2.24, 2.45) is 4.99 Å². The molecule has 0 saturated heterocycles. The lowest BCUT2D eigenvalue weighted by Gasteiger charge is -2.32. The smallest absolute Gasteiger partial charge is 0.146 e. The average Bonchev–Trinajstić information content (AvgIpc) is 3.87. The summed E-state index contributed by atoms with van der Waals surface area (Å²) in [5.41, 5.74) is 10.9. The van der Waals surface area contributed by atoms with Gasteiger partial charge in [0, 0.05) is 38.2 Å². The number of aliphatic imine (C=N–C) groups is 1. The highest BCUT2D eigenvalue weighted by atomic mass is 16.3. The number of furan rings is 1. The number of para-hydroxylation sites is 1. The van der Waals surface area contributed by atoms with Crippen LogP contribution in [0, 0.1) is 0 Å². The van der Waals surface area contributed by atoms with Crippen molar-refractivity contribution in [2.45, 2.75) is 12.3 Å². The third kappa shape index (κ3) is 5.11. The van der Waals surface area contributed by atoms with E-state index in [1.807, 2.05) is 6.07 Å². The maximum absolute atomic E-state index is 6.82. The second-order valence-corrected chi connectivity index (χ2v) is 15.2. The maximum Gasteiger partial charge on any atom is 0.146 e. The first-order valence-electron chi connectivity index (χ1n) is 19.9. The Bertz CT molecular complexity index is 3380. The van der Waals surface area contributed by atoms with Gasteiger partial charge in [0.25, 0.3) is 0 Å². The molecule has 0 fully saturated rings. The van der Waals surface area contributed by atoms with Gasteiger partial charge in [-0.2, -0.15) is 0 Å². The quantitative estimate of drug-likeness (QED) is 0.184. The first kappa shape index (κ1) is 32.7. The molecule has 0 amide bonds. The van der Waals surface area contributed by atoms with Crippen LogP contribution in [0.4, 0.5) is 0 Å². The van der Waals surface area contributed by atoms with E-state index in [0.717, 1.165) is 61.1 Å². The Hall–Kier alpha value is -7.47. The van der Waals surface area contributed by atoms with Crippen molar-refractivity contribution in [3.63, 3.8) is 0 Å². The molecular weight excluding hydrogens is 709 g/mol. The zero-order valence-electron chi connectivity index (χ0n) is 31.4. The molecule has 1 aliphatic heterocycles. The molecule has 11 aromatic rings. The molecule has 5 heteroatoms. The van der Waals surface area contributed by atoms with E-state index in [2.05, 4.69) is 203 Å². The van der Waals surface area contributed by atoms with Crippen molar-refractivity contribution < 1.29 is 4.42 Å². The lowest BCUT2D eigenvalue weighted by Crippen LogP contribution is -2.44. The van der Waals surface area contributed by atoms with Crippen LogP contribution in [-0.2, 0) is 0 Å². The molecule has 2 atom stereocenters. The van der Waals surface area contributed by atoms with Gasteiger partial charge in [-0.15, -0.1) is 0 Å². The van der Waals surface area contributed by atoms with Gasteiger partial charge >= 0.3 is 0 Å². The van der Waals surface area contributed by atoms with Gasteiger partial charge in [0.15, 0.2) is 0 Å². The van der Waals surface area contributed by atoms with Gasteiger partial charge in [0.1, 0.15) is 29.3 Å². The van der Waals surface area contributed by atoms with Gasteiger partial charge in [0.05, 0.1) is 16.4 Å². The number of hydrogen-bond donors (Lipinski definition) is 2. The normalized spacial score (nSPS) is 15.8. The monoisotopic (exact) mass is 744 g/mol. The largest absolute Gasteiger partial charge is 0.455 e. The number of rotatable bonds is 5. The molecule has 1 aliphatic rings. The fourth-order valence-electron chi connectivity index (χ4n) is 9.14. The SMILES string of the molecule is c1ccc(C2=NC(c3ccc(-n4c5c6ccccc6ccc5c5c6oc7ccccc7c6c6ccccc6c54)cc3)NC(c3ccc(-c4ccccc4)cc3)N2)cc1. The number of amidine groups is 1. The third-order valence-electron chi connectivity index (χ3n) is 11.9. The second kappa shape index (κ2) is 13.1. The lowest BCUT2D eigenvalue weighted by atomic mass is 9.99. The van der Waals surface area contributed by atoms with Crippen LogP contribution in [0.25, 0.3) is 82.1 Å². The van der Waals surface area contributed by atoms with Crippen LogP contribution in [0.3, 0.4) is 0 Å². The van der Waals surface area contributed by atoms with E-state index < -0.39 is 0 Å². The molecule has 0 aliphatic carbocycles. The molecule has 12 rings (SSSR count). The standard InChI is InChI=1S/C53H36N4O/c1-3-13-33(14-4-1)34-23-25-37(26-24-34)52-54-51(36-16-5-2-6-17-36)55-53(56-52)38-27-30-39(31-28-38)57-48-40-18-8-7-15-35(40)29-32-44(48)47-49(57)42-20-10-9-19-41(42)46-43-21-11-12-22-45(43)58-50(46)47/h1-32,52-53,56H,(H,54,55). The van der Waals surface area contributed by atoms with Crippen molar-refractivity contribution in [3.05, 3.63) is 211 Å². The molecular formula is C53H36N4O. The fourth-order valence-corrected chi connectivity index (χ4v) is 9.14. The molecule has 0 radical (unpaired) electrons.